The highest BCUT2D eigenvalue weighted by atomic mass is 35.5. The molecule has 5 nitrogen and oxygen atoms in total. The third-order valence-corrected chi connectivity index (χ3v) is 3.11. The summed E-state index contributed by atoms with van der Waals surface area (Å²) in [5.74, 6) is -0.0877. The minimum Gasteiger partial charge on any atom is -0.343 e. The van der Waals surface area contributed by atoms with Gasteiger partial charge in [-0.3, -0.25) is 9.36 Å². The monoisotopic (exact) mass is 274 g/mol. The quantitative estimate of drug-likeness (QED) is 0.789. The van der Waals surface area contributed by atoms with Crippen LogP contribution in [0.15, 0.2) is 30.5 Å². The molecule has 0 aliphatic heterocycles. The molecule has 0 unspecified atom stereocenters. The number of allylic oxidation sites excluding steroid dienone is 4. The molecule has 0 fully saturated rings. The van der Waals surface area contributed by atoms with E-state index in [1.807, 2.05) is 18.2 Å². The Morgan fingerprint density at radius 3 is 2.74 bits per heavy atom. The molecule has 2 heterocycles. The third-order valence-electron chi connectivity index (χ3n) is 2.93. The highest BCUT2D eigenvalue weighted by molar-refractivity contribution is 6.28. The molecule has 0 aromatic carbocycles. The molecule has 0 radical (unpaired) electrons. The first kappa shape index (κ1) is 11.9. The van der Waals surface area contributed by atoms with Crippen molar-refractivity contribution < 1.29 is 4.79 Å². The molecule has 2 aromatic heterocycles. The molecule has 1 aliphatic rings. The summed E-state index contributed by atoms with van der Waals surface area (Å²) < 4.78 is 1.80. The van der Waals surface area contributed by atoms with E-state index in [9.17, 15) is 4.79 Å². The van der Waals surface area contributed by atoms with Crippen LogP contribution in [-0.2, 0) is 0 Å². The van der Waals surface area contributed by atoms with Crippen LogP contribution in [-0.4, -0.2) is 39.4 Å². The van der Waals surface area contributed by atoms with Gasteiger partial charge in [0.05, 0.1) is 0 Å². The third kappa shape index (κ3) is 1.82. The molecule has 1 amide bonds. The van der Waals surface area contributed by atoms with Crippen molar-refractivity contribution in [2.45, 2.75) is 0 Å². The van der Waals surface area contributed by atoms with Crippen molar-refractivity contribution in [1.82, 2.24) is 19.4 Å². The van der Waals surface area contributed by atoms with Crippen molar-refractivity contribution in [3.05, 3.63) is 41.5 Å². The molecule has 0 N–H and O–H groups in total. The second kappa shape index (κ2) is 4.20. The van der Waals surface area contributed by atoms with E-state index in [2.05, 4.69) is 9.97 Å². The van der Waals surface area contributed by atoms with Crippen LogP contribution in [0.4, 0.5) is 0 Å². The maximum absolute atomic E-state index is 12.2. The highest BCUT2D eigenvalue weighted by Crippen LogP contribution is 2.27. The summed E-state index contributed by atoms with van der Waals surface area (Å²) in [5.41, 5.74) is 2.10. The van der Waals surface area contributed by atoms with Gasteiger partial charge < -0.3 is 4.90 Å². The fourth-order valence-electron chi connectivity index (χ4n) is 1.95. The zero-order valence-electron chi connectivity index (χ0n) is 10.5. The lowest BCUT2D eigenvalue weighted by atomic mass is 10.2. The Hall–Kier alpha value is -2.14. The first-order chi connectivity index (χ1) is 9.08. The van der Waals surface area contributed by atoms with Crippen LogP contribution in [0.1, 0.15) is 10.5 Å². The average Bonchev–Trinajstić information content (AvgIpc) is 2.65. The molecular weight excluding hydrogens is 264 g/mol. The predicted octanol–water partition coefficient (Wildman–Crippen LogP) is 2.20. The number of hydrogen-bond acceptors (Lipinski definition) is 3. The fourth-order valence-corrected chi connectivity index (χ4v) is 2.08. The largest absolute Gasteiger partial charge is 0.343 e. The van der Waals surface area contributed by atoms with Crippen LogP contribution in [0.5, 0.6) is 0 Å². The molecule has 96 valence electrons. The Morgan fingerprint density at radius 2 is 2.16 bits per heavy atom. The fraction of sp³-hybridized carbons (Fsp3) is 0.154. The molecule has 0 saturated carbocycles. The van der Waals surface area contributed by atoms with Crippen LogP contribution in [0.2, 0.25) is 5.28 Å². The van der Waals surface area contributed by atoms with Gasteiger partial charge in [0.1, 0.15) is 11.3 Å². The summed E-state index contributed by atoms with van der Waals surface area (Å²) in [7, 11) is 3.43. The van der Waals surface area contributed by atoms with Gasteiger partial charge in [-0.05, 0) is 29.8 Å². The Bertz CT molecular complexity index is 742. The van der Waals surface area contributed by atoms with Gasteiger partial charge in [-0.25, -0.2) is 4.98 Å². The lowest BCUT2D eigenvalue weighted by molar-refractivity contribution is 0.0820. The standard InChI is InChI=1S/C13H11ClN4O/c1-17(2)12(19)10-6-8-7-15-13(14)16-11(8)18(10)9-4-3-5-9/h3-7H,1-2H3. The minimum atomic E-state index is -0.0877. The first-order valence-electron chi connectivity index (χ1n) is 5.72. The van der Waals surface area contributed by atoms with E-state index in [0.717, 1.165) is 11.1 Å². The van der Waals surface area contributed by atoms with Gasteiger partial charge in [0.15, 0.2) is 0 Å². The van der Waals surface area contributed by atoms with Gasteiger partial charge in [-0.1, -0.05) is 6.08 Å². The second-order valence-corrected chi connectivity index (χ2v) is 4.77. The van der Waals surface area contributed by atoms with Gasteiger partial charge in [-0.15, -0.1) is 0 Å². The van der Waals surface area contributed by atoms with Crippen molar-refractivity contribution in [3.63, 3.8) is 0 Å². The topological polar surface area (TPSA) is 51.0 Å². The minimum absolute atomic E-state index is 0.0877. The zero-order chi connectivity index (χ0) is 13.6. The van der Waals surface area contributed by atoms with Crippen LogP contribution in [0, 0.1) is 0 Å². The number of carbonyl (C=O) groups is 1. The molecule has 3 rings (SSSR count). The Labute approximate surface area is 114 Å². The Morgan fingerprint density at radius 1 is 1.42 bits per heavy atom. The van der Waals surface area contributed by atoms with Crippen molar-refractivity contribution in [1.29, 1.82) is 0 Å². The number of carbonyl (C=O) groups excluding carboxylic acids is 1. The molecule has 19 heavy (non-hydrogen) atoms. The molecule has 0 bridgehead atoms. The second-order valence-electron chi connectivity index (χ2n) is 4.43. The van der Waals surface area contributed by atoms with E-state index in [-0.39, 0.29) is 11.2 Å². The van der Waals surface area contributed by atoms with E-state index >= 15 is 0 Å². The number of hydrogen-bond donors (Lipinski definition) is 0. The molecule has 6 heteroatoms. The van der Waals surface area contributed by atoms with E-state index < -0.39 is 0 Å². The van der Waals surface area contributed by atoms with Crippen molar-refractivity contribution in [2.75, 3.05) is 14.1 Å². The Kier molecular flexibility index (Phi) is 2.64. The summed E-state index contributed by atoms with van der Waals surface area (Å²) in [5, 5.41) is 0.954. The van der Waals surface area contributed by atoms with Crippen molar-refractivity contribution >= 4 is 34.2 Å². The maximum Gasteiger partial charge on any atom is 0.270 e. The predicted molar refractivity (Wildman–Crippen MR) is 74.0 cm³/mol. The lowest BCUT2D eigenvalue weighted by Gasteiger charge is -2.16. The number of rotatable bonds is 2. The smallest absolute Gasteiger partial charge is 0.270 e. The molecule has 0 saturated heterocycles. The number of halogens is 1. The maximum atomic E-state index is 12.2. The van der Waals surface area contributed by atoms with E-state index in [4.69, 9.17) is 11.6 Å². The first-order valence-corrected chi connectivity index (χ1v) is 6.10. The molecule has 1 aliphatic carbocycles. The summed E-state index contributed by atoms with van der Waals surface area (Å²) in [6.07, 6.45) is 7.37. The van der Waals surface area contributed by atoms with Gasteiger partial charge in [0.25, 0.3) is 5.91 Å². The highest BCUT2D eigenvalue weighted by Gasteiger charge is 2.21. The number of fused-ring (bicyclic) bond motifs is 1. The van der Waals surface area contributed by atoms with Gasteiger partial charge in [0, 0.05) is 31.4 Å². The van der Waals surface area contributed by atoms with E-state index in [1.165, 1.54) is 4.90 Å². The van der Waals surface area contributed by atoms with Gasteiger partial charge >= 0.3 is 0 Å². The van der Waals surface area contributed by atoms with Crippen LogP contribution < -0.4 is 0 Å². The van der Waals surface area contributed by atoms with Crippen LogP contribution in [0.3, 0.4) is 0 Å². The summed E-state index contributed by atoms with van der Waals surface area (Å²) in [4.78, 5) is 21.9. The molecule has 0 atom stereocenters. The molecular formula is C13H11ClN4O. The van der Waals surface area contributed by atoms with Gasteiger partial charge in [0.2, 0.25) is 5.28 Å². The van der Waals surface area contributed by atoms with Crippen LogP contribution in [0.25, 0.3) is 16.7 Å². The lowest BCUT2D eigenvalue weighted by Crippen LogP contribution is -2.24. The number of nitrogens with zero attached hydrogens (tertiary/aromatic N) is 4. The Balaban J connectivity index is 2.29. The summed E-state index contributed by atoms with van der Waals surface area (Å²) in [6.45, 7) is 0. The van der Waals surface area contributed by atoms with Crippen molar-refractivity contribution in [3.8, 4) is 0 Å². The SMILES string of the molecule is CN(C)C(=O)c1cc2cnc(Cl)nc2n1C1=CC=C1. The number of aromatic nitrogens is 3. The normalized spacial score (nSPS) is 13.3. The van der Waals surface area contributed by atoms with Crippen LogP contribution >= 0.6 is 11.6 Å². The molecule has 2 aromatic rings. The average molecular weight is 275 g/mol. The summed E-state index contributed by atoms with van der Waals surface area (Å²) >= 11 is 5.84. The number of amides is 1. The van der Waals surface area contributed by atoms with E-state index in [0.29, 0.717) is 11.3 Å². The zero-order valence-corrected chi connectivity index (χ0v) is 11.2. The molecule has 0 spiro atoms. The van der Waals surface area contributed by atoms with Gasteiger partial charge in [-0.2, -0.15) is 4.98 Å². The van der Waals surface area contributed by atoms with E-state index in [1.54, 1.807) is 30.9 Å². The summed E-state index contributed by atoms with van der Waals surface area (Å²) in [6, 6.07) is 1.78. The van der Waals surface area contributed by atoms with Crippen molar-refractivity contribution in [2.24, 2.45) is 0 Å².